The minimum atomic E-state index is -4.96. The van der Waals surface area contributed by atoms with E-state index in [-0.39, 0.29) is 25.7 Å². The van der Waals surface area contributed by atoms with Crippen molar-refractivity contribution < 1.29 is 80.2 Å². The highest BCUT2D eigenvalue weighted by Gasteiger charge is 2.30. The zero-order valence-electron chi connectivity index (χ0n) is 63.0. The molecule has 0 rings (SSSR count). The molecule has 0 fully saturated rings. The second kappa shape index (κ2) is 66.3. The molecule has 0 aliphatic carbocycles. The van der Waals surface area contributed by atoms with Gasteiger partial charge in [-0.2, -0.15) is 0 Å². The molecule has 3 unspecified atom stereocenters. The lowest BCUT2D eigenvalue weighted by molar-refractivity contribution is -0.161. The monoisotopic (exact) mass is 1410 g/mol. The van der Waals surface area contributed by atoms with Crippen molar-refractivity contribution >= 4 is 39.5 Å². The lowest BCUT2D eigenvalue weighted by Crippen LogP contribution is -2.30. The average Bonchev–Trinajstić information content (AvgIpc) is 1.18. The molecule has 0 heterocycles. The first-order chi connectivity index (χ1) is 46.1. The third-order valence-electron chi connectivity index (χ3n) is 18.2. The molecule has 0 radical (unpaired) electrons. The fourth-order valence-corrected chi connectivity index (χ4v) is 13.3. The topological polar surface area (TPSA) is 237 Å². The van der Waals surface area contributed by atoms with Gasteiger partial charge >= 0.3 is 39.5 Å². The van der Waals surface area contributed by atoms with Gasteiger partial charge < -0.3 is 33.8 Å². The molecule has 0 aromatic carbocycles. The van der Waals surface area contributed by atoms with E-state index in [4.69, 9.17) is 37.0 Å². The quantitative estimate of drug-likeness (QED) is 0.0222. The molecule has 17 nitrogen and oxygen atoms in total. The molecule has 0 aromatic heterocycles. The molecule has 0 aliphatic rings. The van der Waals surface area contributed by atoms with Crippen LogP contribution in [0.5, 0.6) is 0 Å². The van der Waals surface area contributed by atoms with Crippen molar-refractivity contribution in [3.05, 3.63) is 0 Å². The Hall–Kier alpha value is -1.94. The van der Waals surface area contributed by atoms with Gasteiger partial charge in [0.1, 0.15) is 19.3 Å². The van der Waals surface area contributed by atoms with Gasteiger partial charge in [0, 0.05) is 25.7 Å². The molecule has 0 saturated carbocycles. The van der Waals surface area contributed by atoms with E-state index >= 15 is 0 Å². The molecule has 0 amide bonds. The summed E-state index contributed by atoms with van der Waals surface area (Å²) in [4.78, 5) is 72.7. The molecule has 0 aromatic rings. The minimum Gasteiger partial charge on any atom is -0.462 e. The van der Waals surface area contributed by atoms with Gasteiger partial charge in [-0.05, 0) is 49.4 Å². The van der Waals surface area contributed by atoms with E-state index in [1.165, 1.54) is 186 Å². The molecule has 3 N–H and O–H groups in total. The summed E-state index contributed by atoms with van der Waals surface area (Å²) in [6, 6.07) is 0. The zero-order valence-corrected chi connectivity index (χ0v) is 64.8. The summed E-state index contributed by atoms with van der Waals surface area (Å²) in [6.45, 7) is 14.2. The lowest BCUT2D eigenvalue weighted by Gasteiger charge is -2.21. The molecule has 0 bridgehead atoms. The number of carbonyl (C=O) groups is 4. The van der Waals surface area contributed by atoms with Gasteiger partial charge in [0.25, 0.3) is 0 Å². The number of hydrogen-bond donors (Lipinski definition) is 3. The predicted octanol–water partition coefficient (Wildman–Crippen LogP) is 22.4. The van der Waals surface area contributed by atoms with Gasteiger partial charge in [0.05, 0.1) is 26.4 Å². The molecule has 570 valence electrons. The Morgan fingerprint density at radius 1 is 0.292 bits per heavy atom. The van der Waals surface area contributed by atoms with Crippen LogP contribution in [0.2, 0.25) is 0 Å². The highest BCUT2D eigenvalue weighted by Crippen LogP contribution is 2.45. The van der Waals surface area contributed by atoms with Gasteiger partial charge in [0.15, 0.2) is 12.2 Å². The number of aliphatic hydroxyl groups excluding tert-OH is 1. The van der Waals surface area contributed by atoms with Crippen LogP contribution in [0.25, 0.3) is 0 Å². The number of phosphoric ester groups is 2. The number of carbonyl (C=O) groups excluding carboxylic acids is 4. The second-order valence-electron chi connectivity index (χ2n) is 29.4. The number of aliphatic hydroxyl groups is 1. The van der Waals surface area contributed by atoms with Gasteiger partial charge in [0.2, 0.25) is 0 Å². The zero-order chi connectivity index (χ0) is 71.0. The highest BCUT2D eigenvalue weighted by molar-refractivity contribution is 7.47. The first kappa shape index (κ1) is 94.1. The Morgan fingerprint density at radius 3 is 0.740 bits per heavy atom. The predicted molar refractivity (Wildman–Crippen MR) is 391 cm³/mol. The summed E-state index contributed by atoms with van der Waals surface area (Å²) in [6.07, 6.45) is 51.6. The minimum absolute atomic E-state index is 0.104. The summed E-state index contributed by atoms with van der Waals surface area (Å²) in [5.41, 5.74) is 0. The molecule has 0 saturated heterocycles. The third-order valence-corrected chi connectivity index (χ3v) is 20.1. The fraction of sp³-hybridized carbons (Fsp3) is 0.948. The average molecular weight is 1410 g/mol. The maximum absolute atomic E-state index is 13.1. The first-order valence-corrected chi connectivity index (χ1v) is 42.7. The Morgan fingerprint density at radius 2 is 0.500 bits per heavy atom. The summed E-state index contributed by atoms with van der Waals surface area (Å²) < 4.78 is 68.5. The molecule has 0 spiro atoms. The van der Waals surface area contributed by atoms with E-state index in [0.717, 1.165) is 114 Å². The van der Waals surface area contributed by atoms with Crippen LogP contribution in [0.15, 0.2) is 0 Å². The van der Waals surface area contributed by atoms with Crippen molar-refractivity contribution in [3.63, 3.8) is 0 Å². The van der Waals surface area contributed by atoms with Crippen molar-refractivity contribution in [2.75, 3.05) is 39.6 Å². The Labute approximate surface area is 588 Å². The van der Waals surface area contributed by atoms with Crippen LogP contribution in [0, 0.1) is 23.7 Å². The first-order valence-electron chi connectivity index (χ1n) is 39.7. The van der Waals surface area contributed by atoms with Crippen LogP contribution in [0.1, 0.15) is 389 Å². The number of rotatable bonds is 74. The van der Waals surface area contributed by atoms with Crippen LogP contribution < -0.4 is 0 Å². The Balaban J connectivity index is 5.16. The lowest BCUT2D eigenvalue weighted by atomic mass is 9.99. The molecule has 96 heavy (non-hydrogen) atoms. The SMILES string of the molecule is CCC(C)CCCCCCCCCCCCCCCCCCCCC(=O)OC[C@H](COP(=O)(O)OC[C@@H](O)COP(=O)(O)OC[C@@H](COC(=O)CCCCCCCCC(C)C)OC(=O)CCCCCCCCCCCC(C)C)OC(=O)CCCCCCCCCCCCC(C)C. The number of hydrogen-bond acceptors (Lipinski definition) is 15. The van der Waals surface area contributed by atoms with Crippen LogP contribution in [0.4, 0.5) is 0 Å². The van der Waals surface area contributed by atoms with E-state index in [9.17, 15) is 43.2 Å². The number of esters is 4. The maximum Gasteiger partial charge on any atom is 0.472 e. The van der Waals surface area contributed by atoms with Crippen molar-refractivity contribution in [2.24, 2.45) is 23.7 Å². The van der Waals surface area contributed by atoms with E-state index in [2.05, 4.69) is 55.4 Å². The van der Waals surface area contributed by atoms with Crippen molar-refractivity contribution in [2.45, 2.75) is 408 Å². The van der Waals surface area contributed by atoms with Gasteiger partial charge in [-0.1, -0.05) is 338 Å². The number of phosphoric acid groups is 2. The summed E-state index contributed by atoms with van der Waals surface area (Å²) >= 11 is 0. The van der Waals surface area contributed by atoms with Crippen LogP contribution in [-0.4, -0.2) is 96.7 Å². The summed E-state index contributed by atoms with van der Waals surface area (Å²) in [5.74, 6) is 0.918. The highest BCUT2D eigenvalue weighted by atomic mass is 31.2. The van der Waals surface area contributed by atoms with Crippen molar-refractivity contribution in [1.29, 1.82) is 0 Å². The van der Waals surface area contributed by atoms with Gasteiger partial charge in [-0.3, -0.25) is 37.3 Å². The molecular weight excluding hydrogens is 1260 g/mol. The summed E-state index contributed by atoms with van der Waals surface area (Å²) in [5, 5.41) is 10.6. The van der Waals surface area contributed by atoms with Gasteiger partial charge in [-0.25, -0.2) is 9.13 Å². The number of ether oxygens (including phenoxy) is 4. The molecule has 0 aliphatic heterocycles. The van der Waals surface area contributed by atoms with E-state index in [1.807, 2.05) is 0 Å². The Bertz CT molecular complexity index is 1890. The molecular formula is C77H150O17P2. The smallest absolute Gasteiger partial charge is 0.462 e. The fourth-order valence-electron chi connectivity index (χ4n) is 11.7. The number of unbranched alkanes of at least 4 members (excludes halogenated alkanes) is 39. The van der Waals surface area contributed by atoms with E-state index in [1.54, 1.807) is 0 Å². The normalized spacial score (nSPS) is 14.4. The van der Waals surface area contributed by atoms with E-state index in [0.29, 0.717) is 31.6 Å². The third kappa shape index (κ3) is 69.2. The standard InChI is InChI=1S/C77H150O17P2/c1-9-70(8)56-48-40-31-25-18-16-14-12-10-11-13-15-17-19-26-32-41-49-57-74(79)87-63-72(93-76(81)59-51-43-33-27-21-20-23-29-37-45-53-67(2)3)65-91-95(83,84)89-61-71(78)62-90-96(85,86)92-66-73(64-88-75(80)58-50-42-36-35-39-47-55-69(6)7)94-77(82)60-52-44-34-28-22-24-30-38-46-54-68(4)5/h67-73,78H,9-66H2,1-8H3,(H,83,84)(H,85,86)/t70?,71-,72-,73-/m1/s1. The van der Waals surface area contributed by atoms with Crippen LogP contribution in [-0.2, 0) is 65.4 Å². The Kier molecular flexibility index (Phi) is 65.0. The summed E-state index contributed by atoms with van der Waals surface area (Å²) in [7, 11) is -9.91. The van der Waals surface area contributed by atoms with Crippen molar-refractivity contribution in [3.8, 4) is 0 Å². The van der Waals surface area contributed by atoms with Crippen molar-refractivity contribution in [1.82, 2.24) is 0 Å². The maximum atomic E-state index is 13.1. The molecule has 19 heteroatoms. The van der Waals surface area contributed by atoms with Crippen LogP contribution >= 0.6 is 15.6 Å². The van der Waals surface area contributed by atoms with Crippen LogP contribution in [0.3, 0.4) is 0 Å². The van der Waals surface area contributed by atoms with E-state index < -0.39 is 97.5 Å². The van der Waals surface area contributed by atoms with Gasteiger partial charge in [-0.15, -0.1) is 0 Å². The largest absolute Gasteiger partial charge is 0.472 e. The molecule has 6 atom stereocenters. The second-order valence-corrected chi connectivity index (χ2v) is 32.3.